The van der Waals surface area contributed by atoms with Crippen LogP contribution in [0.15, 0.2) is 24.3 Å². The average molecular weight is 322 g/mol. The smallest absolute Gasteiger partial charge is 0.314 e. The predicted octanol–water partition coefficient (Wildman–Crippen LogP) is 1.83. The Morgan fingerprint density at radius 3 is 2.71 bits per heavy atom. The summed E-state index contributed by atoms with van der Waals surface area (Å²) >= 11 is 0. The molecule has 8 heteroatoms. The van der Waals surface area contributed by atoms with Gasteiger partial charge in [-0.1, -0.05) is 18.2 Å². The van der Waals surface area contributed by atoms with Crippen LogP contribution < -0.4 is 5.32 Å². The quantitative estimate of drug-likeness (QED) is 0.924. The Balaban J connectivity index is 2.20. The van der Waals surface area contributed by atoms with E-state index in [1.165, 1.54) is 16.4 Å². The van der Waals surface area contributed by atoms with Crippen molar-refractivity contribution in [1.29, 1.82) is 0 Å². The number of alkyl halides is 3. The molecule has 0 bridgehead atoms. The molecule has 0 aliphatic carbocycles. The van der Waals surface area contributed by atoms with Crippen LogP contribution >= 0.6 is 0 Å². The minimum atomic E-state index is -4.47. The van der Waals surface area contributed by atoms with Crippen LogP contribution in [0.1, 0.15) is 18.1 Å². The summed E-state index contributed by atoms with van der Waals surface area (Å²) in [5.74, 6) is -0.415. The molecule has 0 radical (unpaired) electrons. The normalized spacial score (nSPS) is 21.4. The van der Waals surface area contributed by atoms with Crippen LogP contribution in [0.3, 0.4) is 0 Å². The molecule has 0 saturated carbocycles. The Labute approximate surface area is 122 Å². The molecule has 0 spiro atoms. The van der Waals surface area contributed by atoms with E-state index in [2.05, 4.69) is 5.32 Å². The van der Waals surface area contributed by atoms with Gasteiger partial charge in [0.05, 0.1) is 11.3 Å². The van der Waals surface area contributed by atoms with Crippen molar-refractivity contribution in [3.8, 4) is 0 Å². The molecular weight excluding hydrogens is 305 g/mol. The summed E-state index contributed by atoms with van der Waals surface area (Å²) < 4.78 is 64.0. The molecule has 1 aliphatic heterocycles. The third-order valence-corrected chi connectivity index (χ3v) is 5.36. The number of nitrogens with one attached hydrogen (secondary N) is 1. The maximum atomic E-state index is 12.6. The molecule has 1 fully saturated rings. The third-order valence-electron chi connectivity index (χ3n) is 3.40. The van der Waals surface area contributed by atoms with Crippen molar-refractivity contribution in [3.63, 3.8) is 0 Å². The lowest BCUT2D eigenvalue weighted by atomic mass is 10.1. The molecule has 0 aromatic heterocycles. The highest BCUT2D eigenvalue weighted by atomic mass is 32.2. The second kappa shape index (κ2) is 5.94. The molecule has 1 saturated heterocycles. The number of nitrogens with zero attached hydrogens (tertiary/aromatic N) is 1. The van der Waals surface area contributed by atoms with E-state index in [-0.39, 0.29) is 11.6 Å². The maximum absolute atomic E-state index is 12.6. The number of hydrogen-bond donors (Lipinski definition) is 1. The van der Waals surface area contributed by atoms with Gasteiger partial charge in [0.25, 0.3) is 0 Å². The first-order chi connectivity index (χ1) is 9.70. The van der Waals surface area contributed by atoms with Gasteiger partial charge in [-0.25, -0.2) is 8.42 Å². The van der Waals surface area contributed by atoms with Crippen LogP contribution in [0.5, 0.6) is 0 Å². The van der Waals surface area contributed by atoms with E-state index in [0.29, 0.717) is 19.6 Å². The second-order valence-corrected chi connectivity index (χ2v) is 7.04. The van der Waals surface area contributed by atoms with Gasteiger partial charge in [-0.15, -0.1) is 0 Å². The molecule has 2 rings (SSSR count). The van der Waals surface area contributed by atoms with E-state index in [9.17, 15) is 21.6 Å². The van der Waals surface area contributed by atoms with Crippen molar-refractivity contribution in [2.45, 2.75) is 24.9 Å². The fourth-order valence-corrected chi connectivity index (χ4v) is 4.13. The zero-order chi connectivity index (χ0) is 15.7. The Bertz CT molecular complexity index is 602. The van der Waals surface area contributed by atoms with Crippen LogP contribution in [0.2, 0.25) is 0 Å². The summed E-state index contributed by atoms with van der Waals surface area (Å²) in [5, 5.41) is 3.07. The number of hydrogen-bond acceptors (Lipinski definition) is 3. The zero-order valence-corrected chi connectivity index (χ0v) is 12.3. The molecule has 1 unspecified atom stereocenters. The lowest BCUT2D eigenvalue weighted by Gasteiger charge is -2.32. The molecule has 1 aromatic rings. The average Bonchev–Trinajstić information content (AvgIpc) is 2.37. The van der Waals surface area contributed by atoms with Gasteiger partial charge in [-0.05, 0) is 18.6 Å². The van der Waals surface area contributed by atoms with Gasteiger partial charge in [-0.3, -0.25) is 0 Å². The van der Waals surface area contributed by atoms with Crippen LogP contribution in [0.4, 0.5) is 13.2 Å². The van der Waals surface area contributed by atoms with E-state index < -0.39 is 27.5 Å². The second-order valence-electron chi connectivity index (χ2n) is 5.12. The van der Waals surface area contributed by atoms with E-state index in [4.69, 9.17) is 0 Å². The molecule has 1 heterocycles. The van der Waals surface area contributed by atoms with Gasteiger partial charge in [0.15, 0.2) is 0 Å². The minimum absolute atomic E-state index is 0.149. The monoisotopic (exact) mass is 322 g/mol. The standard InChI is InChI=1S/C13H17F3N2O2S/c1-10-8-17-5-6-18(10)21(19,20)9-11-3-2-4-12(7-11)13(14,15)16/h2-4,7,10,17H,5-6,8-9H2,1H3. The molecular formula is C13H17F3N2O2S. The molecule has 1 N–H and O–H groups in total. The van der Waals surface area contributed by atoms with E-state index >= 15 is 0 Å². The molecule has 118 valence electrons. The number of piperazine rings is 1. The molecule has 1 atom stereocenters. The number of sulfonamides is 1. The summed E-state index contributed by atoms with van der Waals surface area (Å²) in [6, 6.07) is 4.26. The Morgan fingerprint density at radius 1 is 1.38 bits per heavy atom. The number of benzene rings is 1. The summed E-state index contributed by atoms with van der Waals surface area (Å²) in [6.45, 7) is 3.20. The Hall–Kier alpha value is -1.12. The first-order valence-electron chi connectivity index (χ1n) is 6.56. The minimum Gasteiger partial charge on any atom is -0.314 e. The van der Waals surface area contributed by atoms with Gasteiger partial charge in [0, 0.05) is 25.7 Å². The summed E-state index contributed by atoms with van der Waals surface area (Å²) in [6.07, 6.45) is -4.47. The van der Waals surface area contributed by atoms with Crippen molar-refractivity contribution < 1.29 is 21.6 Å². The van der Waals surface area contributed by atoms with Gasteiger partial charge < -0.3 is 5.32 Å². The first kappa shape index (κ1) is 16.3. The van der Waals surface area contributed by atoms with E-state index in [1.807, 2.05) is 0 Å². The van der Waals surface area contributed by atoms with Crippen molar-refractivity contribution in [1.82, 2.24) is 9.62 Å². The SMILES string of the molecule is CC1CNCCN1S(=O)(=O)Cc1cccc(C(F)(F)F)c1. The van der Waals surface area contributed by atoms with E-state index in [0.717, 1.165) is 12.1 Å². The van der Waals surface area contributed by atoms with Crippen molar-refractivity contribution in [2.75, 3.05) is 19.6 Å². The summed E-state index contributed by atoms with van der Waals surface area (Å²) in [5.41, 5.74) is -0.681. The molecule has 4 nitrogen and oxygen atoms in total. The fourth-order valence-electron chi connectivity index (χ4n) is 2.37. The van der Waals surface area contributed by atoms with Crippen molar-refractivity contribution >= 4 is 10.0 Å². The number of halogens is 3. The van der Waals surface area contributed by atoms with Crippen molar-refractivity contribution in [3.05, 3.63) is 35.4 Å². The lowest BCUT2D eigenvalue weighted by Crippen LogP contribution is -2.52. The van der Waals surface area contributed by atoms with Crippen LogP contribution in [-0.2, 0) is 22.0 Å². The van der Waals surface area contributed by atoms with Crippen LogP contribution in [0.25, 0.3) is 0 Å². The van der Waals surface area contributed by atoms with E-state index in [1.54, 1.807) is 6.92 Å². The molecule has 1 aromatic carbocycles. The zero-order valence-electron chi connectivity index (χ0n) is 11.5. The largest absolute Gasteiger partial charge is 0.416 e. The Kier molecular flexibility index (Phi) is 4.60. The first-order valence-corrected chi connectivity index (χ1v) is 8.17. The lowest BCUT2D eigenvalue weighted by molar-refractivity contribution is -0.137. The highest BCUT2D eigenvalue weighted by Gasteiger charge is 2.32. The summed E-state index contributed by atoms with van der Waals surface area (Å²) in [7, 11) is -3.62. The van der Waals surface area contributed by atoms with Gasteiger partial charge in [0.2, 0.25) is 10.0 Å². The number of rotatable bonds is 3. The fraction of sp³-hybridized carbons (Fsp3) is 0.538. The van der Waals surface area contributed by atoms with Crippen LogP contribution in [0, 0.1) is 0 Å². The molecule has 21 heavy (non-hydrogen) atoms. The van der Waals surface area contributed by atoms with Gasteiger partial charge >= 0.3 is 6.18 Å². The van der Waals surface area contributed by atoms with Crippen molar-refractivity contribution in [2.24, 2.45) is 0 Å². The molecule has 0 amide bonds. The third kappa shape index (κ3) is 3.96. The van der Waals surface area contributed by atoms with Gasteiger partial charge in [-0.2, -0.15) is 17.5 Å². The van der Waals surface area contributed by atoms with Crippen LogP contribution in [-0.4, -0.2) is 38.4 Å². The summed E-state index contributed by atoms with van der Waals surface area (Å²) in [4.78, 5) is 0. The topological polar surface area (TPSA) is 49.4 Å². The molecule has 1 aliphatic rings. The Morgan fingerprint density at radius 2 is 2.10 bits per heavy atom. The highest BCUT2D eigenvalue weighted by molar-refractivity contribution is 7.88. The maximum Gasteiger partial charge on any atom is 0.416 e. The predicted molar refractivity (Wildman–Crippen MR) is 73.1 cm³/mol. The van der Waals surface area contributed by atoms with Gasteiger partial charge in [0.1, 0.15) is 0 Å². The highest BCUT2D eigenvalue weighted by Crippen LogP contribution is 2.30.